The third-order valence-corrected chi connectivity index (χ3v) is 11.0. The van der Waals surface area contributed by atoms with Gasteiger partial charge < -0.3 is 25.4 Å². The van der Waals surface area contributed by atoms with Gasteiger partial charge in [0.2, 0.25) is 11.8 Å². The number of ether oxygens (including phenoxy) is 2. The molecule has 60 heavy (non-hydrogen) atoms. The molecule has 318 valence electrons. The van der Waals surface area contributed by atoms with Gasteiger partial charge in [-0.3, -0.25) is 24.0 Å². The summed E-state index contributed by atoms with van der Waals surface area (Å²) in [5.74, 6) is -3.48. The van der Waals surface area contributed by atoms with E-state index in [1.165, 1.54) is 0 Å². The molecule has 14 heteroatoms. The molecule has 1 aliphatic carbocycles. The van der Waals surface area contributed by atoms with Crippen molar-refractivity contribution in [3.8, 4) is 11.1 Å². The van der Waals surface area contributed by atoms with Gasteiger partial charge in [-0.2, -0.15) is 0 Å². The van der Waals surface area contributed by atoms with Crippen molar-refractivity contribution in [1.29, 1.82) is 0 Å². The summed E-state index contributed by atoms with van der Waals surface area (Å²) in [7, 11) is 4.41. The number of nitrogens with one attached hydrogen (secondary N) is 3. The fraction of sp³-hybridized carbons (Fsp3) is 0.457. The molecule has 2 radical (unpaired) electrons. The van der Waals surface area contributed by atoms with Gasteiger partial charge in [-0.1, -0.05) is 101 Å². The summed E-state index contributed by atoms with van der Waals surface area (Å²) in [6.07, 6.45) is -0.935. The summed E-state index contributed by atoms with van der Waals surface area (Å²) in [5.41, 5.74) is 3.95. The number of Topliss-reactive ketones (excluding diaryl/α,β-unsaturated/α-hetero) is 2. The van der Waals surface area contributed by atoms with Crippen LogP contribution in [0.25, 0.3) is 11.1 Å². The van der Waals surface area contributed by atoms with E-state index in [2.05, 4.69) is 16.0 Å². The number of esters is 1. The molecule has 0 spiro atoms. The van der Waals surface area contributed by atoms with Crippen LogP contribution in [0.15, 0.2) is 78.9 Å². The number of amides is 3. The van der Waals surface area contributed by atoms with Crippen molar-refractivity contribution in [2.24, 2.45) is 11.8 Å². The van der Waals surface area contributed by atoms with Gasteiger partial charge in [0.15, 0.2) is 11.6 Å². The molecule has 3 aromatic rings. The van der Waals surface area contributed by atoms with Crippen molar-refractivity contribution in [1.82, 2.24) is 16.0 Å². The Morgan fingerprint density at radius 2 is 1.38 bits per heavy atom. The van der Waals surface area contributed by atoms with Crippen LogP contribution in [0.4, 0.5) is 4.79 Å². The molecule has 4 unspecified atom stereocenters. The minimum Gasteiger partial charge on any atom is -0.458 e. The SMILES string of the molecule is [B]P(C)C(=O)CCC(=O)C(CC(C)C)NC(=O)C(CC(=O)CNC(=O)CCC(NC(=O)OCC1c2ccccc2-c2ccccc21)C(=O)OC(C)(C)C)Cc1ccccc1. The number of hydrogen-bond donors (Lipinski definition) is 3. The van der Waals surface area contributed by atoms with Crippen LogP contribution in [0, 0.1) is 11.8 Å². The second kappa shape index (κ2) is 22.4. The van der Waals surface area contributed by atoms with E-state index in [0.29, 0.717) is 6.42 Å². The minimum atomic E-state index is -1.32. The number of hydrogen-bond acceptors (Lipinski definition) is 9. The van der Waals surface area contributed by atoms with Crippen LogP contribution in [-0.2, 0) is 44.7 Å². The largest absolute Gasteiger partial charge is 0.458 e. The van der Waals surface area contributed by atoms with Crippen molar-refractivity contribution in [3.63, 3.8) is 0 Å². The fourth-order valence-electron chi connectivity index (χ4n) is 7.08. The lowest BCUT2D eigenvalue weighted by Crippen LogP contribution is -2.46. The maximum atomic E-state index is 13.7. The lowest BCUT2D eigenvalue weighted by molar-refractivity contribution is -0.157. The maximum Gasteiger partial charge on any atom is 0.407 e. The topological polar surface area (TPSA) is 174 Å². The Morgan fingerprint density at radius 3 is 1.97 bits per heavy atom. The first-order valence-corrected chi connectivity index (χ1v) is 22.3. The van der Waals surface area contributed by atoms with Crippen LogP contribution in [-0.4, -0.2) is 86.0 Å². The highest BCUT2D eigenvalue weighted by Crippen LogP contribution is 2.44. The van der Waals surface area contributed by atoms with Crippen LogP contribution < -0.4 is 16.0 Å². The molecule has 0 fully saturated rings. The van der Waals surface area contributed by atoms with Crippen LogP contribution in [0.3, 0.4) is 0 Å². The van der Waals surface area contributed by atoms with E-state index in [1.807, 2.05) is 92.7 Å². The number of ketones is 2. The van der Waals surface area contributed by atoms with Gasteiger partial charge in [0.25, 0.3) is 0 Å². The van der Waals surface area contributed by atoms with Crippen LogP contribution in [0.2, 0.25) is 0 Å². The third-order valence-electron chi connectivity index (χ3n) is 10.0. The Labute approximate surface area is 355 Å². The molecule has 3 aromatic carbocycles. The molecule has 0 aliphatic heterocycles. The van der Waals surface area contributed by atoms with Gasteiger partial charge in [0.05, 0.1) is 12.6 Å². The van der Waals surface area contributed by atoms with E-state index < -0.39 is 61.1 Å². The van der Waals surface area contributed by atoms with Gasteiger partial charge in [-0.25, -0.2) is 9.59 Å². The molecule has 12 nitrogen and oxygen atoms in total. The van der Waals surface area contributed by atoms with Crippen LogP contribution >= 0.6 is 7.80 Å². The summed E-state index contributed by atoms with van der Waals surface area (Å²) in [5, 5.41) is 8.00. The van der Waals surface area contributed by atoms with Gasteiger partial charge >= 0.3 is 12.1 Å². The fourth-order valence-corrected chi connectivity index (χ4v) is 7.55. The number of carbonyl (C=O) groups is 7. The smallest absolute Gasteiger partial charge is 0.407 e. The Balaban J connectivity index is 1.35. The monoisotopic (exact) mass is 837 g/mol. The average Bonchev–Trinajstić information content (AvgIpc) is 3.52. The summed E-state index contributed by atoms with van der Waals surface area (Å²) in [4.78, 5) is 91.8. The maximum absolute atomic E-state index is 13.7. The second-order valence-corrected chi connectivity index (χ2v) is 18.4. The lowest BCUT2D eigenvalue weighted by atomic mass is 9.91. The highest BCUT2D eigenvalue weighted by Gasteiger charge is 2.32. The number of alkyl carbamates (subject to hydrolysis) is 1. The lowest BCUT2D eigenvalue weighted by Gasteiger charge is -2.24. The van der Waals surface area contributed by atoms with Gasteiger partial charge in [-0.15, -0.1) is 0 Å². The zero-order valence-electron chi connectivity index (χ0n) is 35.5. The molecule has 1 aliphatic rings. The highest BCUT2D eigenvalue weighted by atomic mass is 31.1. The summed E-state index contributed by atoms with van der Waals surface area (Å²) in [6.45, 7) is 10.2. The van der Waals surface area contributed by atoms with E-state index in [-0.39, 0.29) is 74.8 Å². The Hall–Kier alpha value is -5.16. The Bertz CT molecular complexity index is 1950. The van der Waals surface area contributed by atoms with Gasteiger partial charge in [0.1, 0.15) is 31.3 Å². The van der Waals surface area contributed by atoms with Crippen LogP contribution in [0.5, 0.6) is 0 Å². The van der Waals surface area contributed by atoms with Crippen LogP contribution in [0.1, 0.15) is 95.8 Å². The van der Waals surface area contributed by atoms with E-state index in [4.69, 9.17) is 17.0 Å². The zero-order valence-corrected chi connectivity index (χ0v) is 36.3. The Morgan fingerprint density at radius 1 is 0.783 bits per heavy atom. The molecule has 0 saturated carbocycles. The summed E-state index contributed by atoms with van der Waals surface area (Å²) >= 11 is 0. The van der Waals surface area contributed by atoms with Crippen molar-refractivity contribution in [3.05, 3.63) is 95.6 Å². The molecule has 0 aromatic heterocycles. The first-order chi connectivity index (χ1) is 28.4. The molecule has 0 bridgehead atoms. The Kier molecular flexibility index (Phi) is 17.8. The first kappa shape index (κ1) is 47.5. The molecule has 0 saturated heterocycles. The van der Waals surface area contributed by atoms with Crippen molar-refractivity contribution in [2.45, 2.75) is 103 Å². The van der Waals surface area contributed by atoms with Crippen molar-refractivity contribution < 1.29 is 43.0 Å². The summed E-state index contributed by atoms with van der Waals surface area (Å²) in [6, 6.07) is 22.9. The molecule has 4 atom stereocenters. The molecule has 0 heterocycles. The van der Waals surface area contributed by atoms with Gasteiger partial charge in [-0.05, 0) is 80.4 Å². The molecular weight excluding hydrogens is 780 g/mol. The van der Waals surface area contributed by atoms with E-state index >= 15 is 0 Å². The second-order valence-electron chi connectivity index (χ2n) is 16.7. The van der Waals surface area contributed by atoms with Crippen molar-refractivity contribution in [2.75, 3.05) is 19.8 Å². The van der Waals surface area contributed by atoms with E-state index in [9.17, 15) is 33.6 Å². The van der Waals surface area contributed by atoms with Gasteiger partial charge in [0, 0.05) is 37.5 Å². The normalized spacial score (nSPS) is 14.1. The number of carbonyl (C=O) groups excluding carboxylic acids is 7. The number of benzene rings is 3. The molecular formula is C46H57BN3O9P. The molecule has 3 N–H and O–H groups in total. The third kappa shape index (κ3) is 14.8. The van der Waals surface area contributed by atoms with Crippen molar-refractivity contribution >= 4 is 56.3 Å². The molecule has 4 rings (SSSR count). The predicted molar refractivity (Wildman–Crippen MR) is 233 cm³/mol. The predicted octanol–water partition coefficient (Wildman–Crippen LogP) is 6.55. The highest BCUT2D eigenvalue weighted by molar-refractivity contribution is 7.94. The average molecular weight is 838 g/mol. The van der Waals surface area contributed by atoms with E-state index in [0.717, 1.165) is 27.8 Å². The zero-order chi connectivity index (χ0) is 44.0. The first-order valence-electron chi connectivity index (χ1n) is 20.4. The quantitative estimate of drug-likeness (QED) is 0.0576. The molecule has 3 amide bonds. The number of fused-ring (bicyclic) bond motifs is 3. The standard InChI is InChI=1S/C46H57BN3O9P/c1-29(2)24-39(40(52)21-23-42(54)60(6)47)49-43(55)31(25-30-14-8-7-9-15-30)26-32(51)27-48-41(53)22-20-38(44(56)59-46(3,4)5)50-45(57)58-28-37-35-18-12-10-16-33(35)34-17-11-13-19-36(34)37/h7-19,29,31,37-39H,20-28H2,1-6H3,(H,48,53)(H,49,55)(H,50,57). The summed E-state index contributed by atoms with van der Waals surface area (Å²) < 4.78 is 11.2. The minimum absolute atomic E-state index is 0.00236. The van der Waals surface area contributed by atoms with E-state index in [1.54, 1.807) is 27.4 Å². The number of rotatable bonds is 22.